The summed E-state index contributed by atoms with van der Waals surface area (Å²) >= 11 is 0. The fourth-order valence-corrected chi connectivity index (χ4v) is 4.27. The molecular weight excluding hydrogens is 314 g/mol. The number of nitrogens with zero attached hydrogens (tertiary/aromatic N) is 1. The standard InChI is InChI=1S/C16H25N3O3S/c1-4-13(3)17-16(20)18-14-7-8-15(12(2)11-14)19-9-5-6-10-23(19,21)22/h7-8,11,13H,4-6,9-10H2,1-3H3,(H2,17,18,20). The number of carbonyl (C=O) groups excluding carboxylic acids is 1. The first-order valence-corrected chi connectivity index (χ1v) is 9.63. The first-order valence-electron chi connectivity index (χ1n) is 8.02. The maximum atomic E-state index is 12.2. The van der Waals surface area contributed by atoms with E-state index < -0.39 is 10.0 Å². The van der Waals surface area contributed by atoms with Gasteiger partial charge in [0.05, 0.1) is 11.4 Å². The maximum absolute atomic E-state index is 12.2. The van der Waals surface area contributed by atoms with Crippen LogP contribution in [-0.4, -0.2) is 32.8 Å². The number of benzene rings is 1. The molecule has 1 saturated heterocycles. The largest absolute Gasteiger partial charge is 0.335 e. The van der Waals surface area contributed by atoms with Gasteiger partial charge in [-0.3, -0.25) is 4.31 Å². The van der Waals surface area contributed by atoms with E-state index in [9.17, 15) is 13.2 Å². The predicted octanol–water partition coefficient (Wildman–Crippen LogP) is 2.85. The van der Waals surface area contributed by atoms with Gasteiger partial charge in [0.15, 0.2) is 0 Å². The van der Waals surface area contributed by atoms with Crippen molar-refractivity contribution in [1.29, 1.82) is 0 Å². The molecule has 0 saturated carbocycles. The van der Waals surface area contributed by atoms with E-state index in [1.165, 1.54) is 4.31 Å². The van der Waals surface area contributed by atoms with Gasteiger partial charge in [0.25, 0.3) is 0 Å². The summed E-state index contributed by atoms with van der Waals surface area (Å²) in [5, 5.41) is 5.61. The average Bonchev–Trinajstić information content (AvgIpc) is 2.47. The molecule has 23 heavy (non-hydrogen) atoms. The number of carbonyl (C=O) groups is 1. The summed E-state index contributed by atoms with van der Waals surface area (Å²) in [4.78, 5) is 11.9. The quantitative estimate of drug-likeness (QED) is 0.885. The van der Waals surface area contributed by atoms with Crippen molar-refractivity contribution >= 4 is 27.4 Å². The van der Waals surface area contributed by atoms with Crippen LogP contribution in [0.4, 0.5) is 16.2 Å². The zero-order chi connectivity index (χ0) is 17.0. The van der Waals surface area contributed by atoms with Crippen LogP contribution in [0.25, 0.3) is 0 Å². The molecule has 7 heteroatoms. The zero-order valence-electron chi connectivity index (χ0n) is 13.9. The molecule has 0 radical (unpaired) electrons. The minimum Gasteiger partial charge on any atom is -0.335 e. The molecule has 1 unspecified atom stereocenters. The molecule has 1 aromatic carbocycles. The van der Waals surface area contributed by atoms with Gasteiger partial charge < -0.3 is 10.6 Å². The van der Waals surface area contributed by atoms with Crippen molar-refractivity contribution in [2.24, 2.45) is 0 Å². The lowest BCUT2D eigenvalue weighted by Gasteiger charge is -2.29. The summed E-state index contributed by atoms with van der Waals surface area (Å²) < 4.78 is 25.9. The maximum Gasteiger partial charge on any atom is 0.319 e. The number of anilines is 2. The minimum atomic E-state index is -3.22. The minimum absolute atomic E-state index is 0.105. The number of sulfonamides is 1. The molecule has 128 valence electrons. The SMILES string of the molecule is CCC(C)NC(=O)Nc1ccc(N2CCCCS2(=O)=O)c(C)c1. The van der Waals surface area contributed by atoms with Gasteiger partial charge in [0.1, 0.15) is 0 Å². The summed E-state index contributed by atoms with van der Waals surface area (Å²) in [6, 6.07) is 5.15. The van der Waals surface area contributed by atoms with Crippen LogP contribution in [0.2, 0.25) is 0 Å². The van der Waals surface area contributed by atoms with E-state index in [1.54, 1.807) is 18.2 Å². The van der Waals surface area contributed by atoms with Crippen molar-refractivity contribution in [1.82, 2.24) is 5.32 Å². The molecule has 0 spiro atoms. The summed E-state index contributed by atoms with van der Waals surface area (Å²) in [7, 11) is -3.22. The van der Waals surface area contributed by atoms with Gasteiger partial charge in [-0.15, -0.1) is 0 Å². The Morgan fingerprint density at radius 2 is 2.09 bits per heavy atom. The lowest BCUT2D eigenvalue weighted by atomic mass is 10.1. The Bertz CT molecular complexity index is 673. The number of rotatable bonds is 4. The Hall–Kier alpha value is -1.76. The normalized spacial score (nSPS) is 18.3. The molecule has 1 atom stereocenters. The molecule has 1 fully saturated rings. The predicted molar refractivity (Wildman–Crippen MR) is 93.5 cm³/mol. The molecule has 0 aliphatic carbocycles. The van der Waals surface area contributed by atoms with Crippen molar-refractivity contribution in [2.75, 3.05) is 21.9 Å². The summed E-state index contributed by atoms with van der Waals surface area (Å²) in [6.45, 7) is 6.32. The van der Waals surface area contributed by atoms with E-state index in [1.807, 2.05) is 20.8 Å². The number of hydrogen-bond donors (Lipinski definition) is 2. The van der Waals surface area contributed by atoms with E-state index in [0.29, 0.717) is 24.3 Å². The van der Waals surface area contributed by atoms with Crippen molar-refractivity contribution in [3.8, 4) is 0 Å². The Kier molecular flexibility index (Phi) is 5.51. The van der Waals surface area contributed by atoms with E-state index in [4.69, 9.17) is 0 Å². The van der Waals surface area contributed by atoms with Crippen molar-refractivity contribution in [3.63, 3.8) is 0 Å². The third-order valence-corrected chi connectivity index (χ3v) is 5.92. The van der Waals surface area contributed by atoms with Crippen LogP contribution in [0, 0.1) is 6.92 Å². The lowest BCUT2D eigenvalue weighted by Crippen LogP contribution is -2.38. The molecule has 2 N–H and O–H groups in total. The summed E-state index contributed by atoms with van der Waals surface area (Å²) in [5.74, 6) is 0.198. The van der Waals surface area contributed by atoms with Gasteiger partial charge in [-0.05, 0) is 56.9 Å². The fourth-order valence-electron chi connectivity index (χ4n) is 2.57. The third kappa shape index (κ3) is 4.37. The molecular formula is C16H25N3O3S. The highest BCUT2D eigenvalue weighted by molar-refractivity contribution is 7.92. The van der Waals surface area contributed by atoms with Crippen LogP contribution in [-0.2, 0) is 10.0 Å². The molecule has 1 aliphatic rings. The highest BCUT2D eigenvalue weighted by Gasteiger charge is 2.27. The van der Waals surface area contributed by atoms with Crippen molar-refractivity contribution < 1.29 is 13.2 Å². The van der Waals surface area contributed by atoms with Gasteiger partial charge in [-0.1, -0.05) is 6.92 Å². The fraction of sp³-hybridized carbons (Fsp3) is 0.562. The molecule has 2 amide bonds. The monoisotopic (exact) mass is 339 g/mol. The first-order chi connectivity index (χ1) is 10.8. The van der Waals surface area contributed by atoms with E-state index in [2.05, 4.69) is 10.6 Å². The molecule has 0 aromatic heterocycles. The summed E-state index contributed by atoms with van der Waals surface area (Å²) in [6.07, 6.45) is 2.45. The van der Waals surface area contributed by atoms with Gasteiger partial charge in [-0.2, -0.15) is 0 Å². The topological polar surface area (TPSA) is 78.5 Å². The first kappa shape index (κ1) is 17.6. The average molecular weight is 339 g/mol. The number of nitrogens with one attached hydrogen (secondary N) is 2. The number of urea groups is 1. The van der Waals surface area contributed by atoms with Gasteiger partial charge in [-0.25, -0.2) is 13.2 Å². The van der Waals surface area contributed by atoms with E-state index in [0.717, 1.165) is 18.4 Å². The summed E-state index contributed by atoms with van der Waals surface area (Å²) in [5.41, 5.74) is 2.18. The van der Waals surface area contributed by atoms with Crippen molar-refractivity contribution in [3.05, 3.63) is 23.8 Å². The number of aryl methyl sites for hydroxylation is 1. The molecule has 2 rings (SSSR count). The second-order valence-electron chi connectivity index (χ2n) is 6.00. The Labute approximate surface area is 138 Å². The van der Waals surface area contributed by atoms with Crippen LogP contribution in [0.1, 0.15) is 38.7 Å². The Balaban J connectivity index is 2.13. The van der Waals surface area contributed by atoms with Crippen LogP contribution < -0.4 is 14.9 Å². The molecule has 6 nitrogen and oxygen atoms in total. The highest BCUT2D eigenvalue weighted by Crippen LogP contribution is 2.28. The highest BCUT2D eigenvalue weighted by atomic mass is 32.2. The second kappa shape index (κ2) is 7.21. The molecule has 1 aromatic rings. The molecule has 0 bridgehead atoms. The van der Waals surface area contributed by atoms with Crippen LogP contribution in [0.5, 0.6) is 0 Å². The van der Waals surface area contributed by atoms with Crippen LogP contribution in [0.3, 0.4) is 0 Å². The Morgan fingerprint density at radius 1 is 1.35 bits per heavy atom. The zero-order valence-corrected chi connectivity index (χ0v) is 14.7. The van der Waals surface area contributed by atoms with Gasteiger partial charge in [0, 0.05) is 18.3 Å². The Morgan fingerprint density at radius 3 is 2.70 bits per heavy atom. The number of hydrogen-bond acceptors (Lipinski definition) is 3. The molecule has 1 aliphatic heterocycles. The molecule has 1 heterocycles. The van der Waals surface area contributed by atoms with Gasteiger partial charge in [0.2, 0.25) is 10.0 Å². The van der Waals surface area contributed by atoms with E-state index >= 15 is 0 Å². The van der Waals surface area contributed by atoms with Gasteiger partial charge >= 0.3 is 6.03 Å². The number of amides is 2. The van der Waals surface area contributed by atoms with Crippen LogP contribution in [0.15, 0.2) is 18.2 Å². The smallest absolute Gasteiger partial charge is 0.319 e. The van der Waals surface area contributed by atoms with Crippen molar-refractivity contribution in [2.45, 2.75) is 46.1 Å². The second-order valence-corrected chi connectivity index (χ2v) is 8.02. The third-order valence-electron chi connectivity index (χ3n) is 4.06. The van der Waals surface area contributed by atoms with Crippen LogP contribution >= 0.6 is 0 Å². The lowest BCUT2D eigenvalue weighted by molar-refractivity contribution is 0.249. The van der Waals surface area contributed by atoms with E-state index in [-0.39, 0.29) is 17.8 Å².